The summed E-state index contributed by atoms with van der Waals surface area (Å²) >= 11 is 7.59. The molecule has 1 aliphatic rings. The molecule has 1 aliphatic heterocycles. The van der Waals surface area contributed by atoms with E-state index in [4.69, 9.17) is 11.6 Å². The second-order valence-corrected chi connectivity index (χ2v) is 8.35. The van der Waals surface area contributed by atoms with E-state index >= 15 is 0 Å². The zero-order valence-corrected chi connectivity index (χ0v) is 18.0. The van der Waals surface area contributed by atoms with Crippen LogP contribution in [0.15, 0.2) is 60.0 Å². The van der Waals surface area contributed by atoms with Gasteiger partial charge in [-0.05, 0) is 49.2 Å². The number of hydrogen-bond donors (Lipinski definition) is 1. The fourth-order valence-corrected chi connectivity index (χ4v) is 4.37. The average Bonchev–Trinajstić information content (AvgIpc) is 3.37. The minimum atomic E-state index is -0.137. The van der Waals surface area contributed by atoms with Crippen molar-refractivity contribution in [3.63, 3.8) is 0 Å². The number of carbonyl (C=O) groups excluding carboxylic acids is 2. The van der Waals surface area contributed by atoms with Gasteiger partial charge in [-0.25, -0.2) is 4.98 Å². The molecule has 0 radical (unpaired) electrons. The molecular formula is C22H21ClN4O2S. The zero-order valence-electron chi connectivity index (χ0n) is 16.5. The van der Waals surface area contributed by atoms with Crippen LogP contribution in [0.2, 0.25) is 5.02 Å². The van der Waals surface area contributed by atoms with E-state index in [0.29, 0.717) is 22.3 Å². The summed E-state index contributed by atoms with van der Waals surface area (Å²) in [6.45, 7) is 2.68. The Morgan fingerprint density at radius 2 is 2.10 bits per heavy atom. The first kappa shape index (κ1) is 20.5. The van der Waals surface area contributed by atoms with E-state index in [1.54, 1.807) is 11.1 Å². The number of nitrogens with zero attached hydrogens (tertiary/aromatic N) is 3. The molecule has 1 saturated heterocycles. The van der Waals surface area contributed by atoms with Crippen LogP contribution in [0.3, 0.4) is 0 Å². The van der Waals surface area contributed by atoms with Crippen LogP contribution in [-0.4, -0.2) is 33.7 Å². The third-order valence-electron chi connectivity index (χ3n) is 4.95. The Morgan fingerprint density at radius 1 is 1.27 bits per heavy atom. The van der Waals surface area contributed by atoms with Crippen LogP contribution in [0.1, 0.15) is 18.4 Å². The normalized spacial score (nSPS) is 13.7. The Kier molecular flexibility index (Phi) is 6.11. The van der Waals surface area contributed by atoms with Crippen LogP contribution < -0.4 is 10.2 Å². The number of thioether (sulfide) groups is 1. The van der Waals surface area contributed by atoms with Gasteiger partial charge >= 0.3 is 0 Å². The molecule has 0 atom stereocenters. The lowest BCUT2D eigenvalue weighted by Crippen LogP contribution is -2.23. The first-order chi connectivity index (χ1) is 14.5. The van der Waals surface area contributed by atoms with Crippen molar-refractivity contribution >= 4 is 46.6 Å². The maximum absolute atomic E-state index is 12.5. The van der Waals surface area contributed by atoms with E-state index in [0.717, 1.165) is 29.9 Å². The fourth-order valence-electron chi connectivity index (χ4n) is 3.44. The number of aromatic nitrogens is 2. The molecule has 2 amide bonds. The van der Waals surface area contributed by atoms with E-state index in [9.17, 15) is 9.59 Å². The molecule has 0 saturated carbocycles. The summed E-state index contributed by atoms with van der Waals surface area (Å²) in [6, 6.07) is 13.1. The molecule has 0 spiro atoms. The van der Waals surface area contributed by atoms with Crippen molar-refractivity contribution < 1.29 is 9.59 Å². The lowest BCUT2D eigenvalue weighted by Gasteiger charge is -2.16. The highest BCUT2D eigenvalue weighted by Crippen LogP contribution is 2.27. The number of carbonyl (C=O) groups is 2. The SMILES string of the molecule is Cc1c(Cl)cccc1-n1ccnc1SCC(=O)Nc1cccc(N2CCCC2=O)c1. The largest absolute Gasteiger partial charge is 0.325 e. The topological polar surface area (TPSA) is 67.2 Å². The van der Waals surface area contributed by atoms with Gasteiger partial charge < -0.3 is 10.2 Å². The minimum Gasteiger partial charge on any atom is -0.325 e. The number of rotatable bonds is 6. The quantitative estimate of drug-likeness (QED) is 0.564. The molecule has 0 aliphatic carbocycles. The smallest absolute Gasteiger partial charge is 0.234 e. The summed E-state index contributed by atoms with van der Waals surface area (Å²) in [6.07, 6.45) is 5.00. The number of anilines is 2. The fraction of sp³-hybridized carbons (Fsp3) is 0.227. The second kappa shape index (κ2) is 8.93. The first-order valence-electron chi connectivity index (χ1n) is 9.65. The van der Waals surface area contributed by atoms with Crippen LogP contribution in [0.5, 0.6) is 0 Å². The van der Waals surface area contributed by atoms with Gasteiger partial charge in [-0.1, -0.05) is 35.5 Å². The van der Waals surface area contributed by atoms with Gasteiger partial charge in [0, 0.05) is 41.8 Å². The Labute approximate surface area is 184 Å². The maximum Gasteiger partial charge on any atom is 0.234 e. The van der Waals surface area contributed by atoms with E-state index in [1.165, 1.54) is 11.8 Å². The molecule has 6 nitrogen and oxygen atoms in total. The second-order valence-electron chi connectivity index (χ2n) is 7.00. The van der Waals surface area contributed by atoms with Crippen LogP contribution in [0.4, 0.5) is 11.4 Å². The van der Waals surface area contributed by atoms with Crippen molar-refractivity contribution in [2.24, 2.45) is 0 Å². The molecular weight excluding hydrogens is 420 g/mol. The molecule has 3 aromatic rings. The summed E-state index contributed by atoms with van der Waals surface area (Å²) in [5.41, 5.74) is 3.38. The summed E-state index contributed by atoms with van der Waals surface area (Å²) in [5, 5.41) is 4.31. The maximum atomic E-state index is 12.5. The average molecular weight is 441 g/mol. The number of amides is 2. The third-order valence-corrected chi connectivity index (χ3v) is 6.33. The zero-order chi connectivity index (χ0) is 21.1. The highest BCUT2D eigenvalue weighted by atomic mass is 35.5. The van der Waals surface area contributed by atoms with E-state index in [-0.39, 0.29) is 17.6 Å². The molecule has 0 unspecified atom stereocenters. The number of hydrogen-bond acceptors (Lipinski definition) is 4. The van der Waals surface area contributed by atoms with E-state index < -0.39 is 0 Å². The van der Waals surface area contributed by atoms with Gasteiger partial charge in [-0.15, -0.1) is 0 Å². The van der Waals surface area contributed by atoms with Crippen LogP contribution in [-0.2, 0) is 9.59 Å². The Bertz CT molecular complexity index is 1100. The van der Waals surface area contributed by atoms with Crippen LogP contribution >= 0.6 is 23.4 Å². The highest BCUT2D eigenvalue weighted by Gasteiger charge is 2.21. The van der Waals surface area contributed by atoms with Gasteiger partial charge in [0.2, 0.25) is 11.8 Å². The lowest BCUT2D eigenvalue weighted by atomic mass is 10.2. The Balaban J connectivity index is 1.41. The minimum absolute atomic E-state index is 0.122. The highest BCUT2D eigenvalue weighted by molar-refractivity contribution is 7.99. The van der Waals surface area contributed by atoms with Crippen molar-refractivity contribution in [2.75, 3.05) is 22.5 Å². The Hall–Kier alpha value is -2.77. The van der Waals surface area contributed by atoms with Crippen molar-refractivity contribution in [1.29, 1.82) is 0 Å². The van der Waals surface area contributed by atoms with Crippen LogP contribution in [0, 0.1) is 6.92 Å². The van der Waals surface area contributed by atoms with Crippen molar-refractivity contribution in [2.45, 2.75) is 24.9 Å². The van der Waals surface area contributed by atoms with Gasteiger partial charge in [-0.2, -0.15) is 0 Å². The predicted molar refractivity (Wildman–Crippen MR) is 121 cm³/mol. The number of nitrogens with one attached hydrogen (secondary N) is 1. The lowest BCUT2D eigenvalue weighted by molar-refractivity contribution is -0.117. The predicted octanol–water partition coefficient (Wildman–Crippen LogP) is 4.69. The van der Waals surface area contributed by atoms with Crippen LogP contribution in [0.25, 0.3) is 5.69 Å². The summed E-state index contributed by atoms with van der Waals surface area (Å²) in [4.78, 5) is 30.6. The van der Waals surface area contributed by atoms with Crippen molar-refractivity contribution in [1.82, 2.24) is 9.55 Å². The van der Waals surface area contributed by atoms with E-state index in [2.05, 4.69) is 10.3 Å². The number of halogens is 1. The third kappa shape index (κ3) is 4.37. The summed E-state index contributed by atoms with van der Waals surface area (Å²) in [7, 11) is 0. The number of benzene rings is 2. The molecule has 0 bridgehead atoms. The molecule has 8 heteroatoms. The van der Waals surface area contributed by atoms with Gasteiger partial charge in [0.15, 0.2) is 5.16 Å². The van der Waals surface area contributed by atoms with Gasteiger partial charge in [0.05, 0.1) is 11.4 Å². The summed E-state index contributed by atoms with van der Waals surface area (Å²) in [5.74, 6) is 0.197. The van der Waals surface area contributed by atoms with Gasteiger partial charge in [0.1, 0.15) is 0 Å². The first-order valence-corrected chi connectivity index (χ1v) is 11.0. The molecule has 1 N–H and O–H groups in total. The number of imidazole rings is 1. The molecule has 1 aromatic heterocycles. The van der Waals surface area contributed by atoms with E-state index in [1.807, 2.05) is 60.2 Å². The molecule has 2 heterocycles. The molecule has 1 fully saturated rings. The van der Waals surface area contributed by atoms with Gasteiger partial charge in [-0.3, -0.25) is 14.2 Å². The Morgan fingerprint density at radius 3 is 2.90 bits per heavy atom. The summed E-state index contributed by atoms with van der Waals surface area (Å²) < 4.78 is 1.93. The van der Waals surface area contributed by atoms with Crippen molar-refractivity contribution in [3.8, 4) is 5.69 Å². The molecule has 4 rings (SSSR count). The molecule has 2 aromatic carbocycles. The molecule has 154 valence electrons. The van der Waals surface area contributed by atoms with Crippen molar-refractivity contribution in [3.05, 3.63) is 65.4 Å². The standard InChI is InChI=1S/C22H21ClN4O2S/c1-15-18(23)7-3-8-19(15)27-12-10-24-22(27)30-14-20(28)25-16-5-2-6-17(13-16)26-11-4-9-21(26)29/h2-3,5-8,10,12-13H,4,9,11,14H2,1H3,(H,25,28). The van der Waals surface area contributed by atoms with Gasteiger partial charge in [0.25, 0.3) is 0 Å². The molecule has 30 heavy (non-hydrogen) atoms. The monoisotopic (exact) mass is 440 g/mol.